The van der Waals surface area contributed by atoms with E-state index < -0.39 is 10.0 Å². The van der Waals surface area contributed by atoms with Gasteiger partial charge in [0.25, 0.3) is 10.0 Å². The lowest BCUT2D eigenvalue weighted by atomic mass is 10.0. The molecule has 3 rings (SSSR count). The van der Waals surface area contributed by atoms with E-state index in [1.165, 1.54) is 27.7 Å². The summed E-state index contributed by atoms with van der Waals surface area (Å²) in [5.74, 6) is 0. The van der Waals surface area contributed by atoms with Gasteiger partial charge in [0.15, 0.2) is 5.03 Å². The highest BCUT2D eigenvalue weighted by Gasteiger charge is 2.27. The molecule has 19 heavy (non-hydrogen) atoms. The molecule has 0 atom stereocenters. The molecule has 0 saturated carbocycles. The number of H-pyrrole nitrogens is 1. The Bertz CT molecular complexity index is 638. The van der Waals surface area contributed by atoms with Crippen LogP contribution in [0.25, 0.3) is 0 Å². The van der Waals surface area contributed by atoms with Crippen molar-refractivity contribution < 1.29 is 8.42 Å². The highest BCUT2D eigenvalue weighted by molar-refractivity contribution is 7.89. The van der Waals surface area contributed by atoms with Gasteiger partial charge in [-0.2, -0.15) is 9.40 Å². The number of hydrogen-bond acceptors (Lipinski definition) is 3. The molecule has 5 nitrogen and oxygen atoms in total. The molecule has 2 aromatic rings. The van der Waals surface area contributed by atoms with Crippen LogP contribution in [0.3, 0.4) is 0 Å². The maximum absolute atomic E-state index is 12.4. The van der Waals surface area contributed by atoms with E-state index in [2.05, 4.69) is 22.3 Å². The largest absolute Gasteiger partial charge is 0.266 e. The standard InChI is InChI=1S/C13H15N3O2S/c17-19(18,13-5-8-14-15-13)16-9-6-11-3-1-2-4-12(11)7-10-16/h1-5,8H,6-7,9-10H2,(H,14,15). The minimum atomic E-state index is -3.44. The zero-order valence-corrected chi connectivity index (χ0v) is 11.2. The summed E-state index contributed by atoms with van der Waals surface area (Å²) in [7, 11) is -3.44. The van der Waals surface area contributed by atoms with Gasteiger partial charge in [-0.1, -0.05) is 24.3 Å². The minimum absolute atomic E-state index is 0.165. The van der Waals surface area contributed by atoms with E-state index in [1.54, 1.807) is 0 Å². The molecule has 0 fully saturated rings. The van der Waals surface area contributed by atoms with Crippen LogP contribution in [0.4, 0.5) is 0 Å². The summed E-state index contributed by atoms with van der Waals surface area (Å²) >= 11 is 0. The van der Waals surface area contributed by atoms with Crippen molar-refractivity contribution in [1.82, 2.24) is 14.5 Å². The smallest absolute Gasteiger partial charge is 0.259 e. The normalized spacial score (nSPS) is 16.8. The fourth-order valence-electron chi connectivity index (χ4n) is 2.41. The lowest BCUT2D eigenvalue weighted by Crippen LogP contribution is -2.33. The quantitative estimate of drug-likeness (QED) is 0.897. The van der Waals surface area contributed by atoms with E-state index in [4.69, 9.17) is 0 Å². The molecule has 1 aromatic carbocycles. The first-order valence-corrected chi connectivity index (χ1v) is 7.68. The Kier molecular flexibility index (Phi) is 3.12. The van der Waals surface area contributed by atoms with Crippen molar-refractivity contribution in [2.45, 2.75) is 17.9 Å². The van der Waals surface area contributed by atoms with E-state index in [0.717, 1.165) is 12.8 Å². The van der Waals surface area contributed by atoms with Crippen molar-refractivity contribution in [3.05, 3.63) is 47.7 Å². The van der Waals surface area contributed by atoms with E-state index >= 15 is 0 Å². The number of hydrogen-bond donors (Lipinski definition) is 1. The van der Waals surface area contributed by atoms with Gasteiger partial charge in [-0.25, -0.2) is 8.42 Å². The average Bonchev–Trinajstić information content (AvgIpc) is 2.86. The fourth-order valence-corrected chi connectivity index (χ4v) is 3.76. The van der Waals surface area contributed by atoms with Gasteiger partial charge in [-0.3, -0.25) is 5.10 Å². The third-order valence-electron chi connectivity index (χ3n) is 3.47. The zero-order valence-electron chi connectivity index (χ0n) is 10.4. The second-order valence-corrected chi connectivity index (χ2v) is 6.50. The molecule has 100 valence electrons. The highest BCUT2D eigenvalue weighted by atomic mass is 32.2. The summed E-state index contributed by atoms with van der Waals surface area (Å²) in [5, 5.41) is 6.42. The van der Waals surface area contributed by atoms with Gasteiger partial charge in [0, 0.05) is 13.1 Å². The molecule has 2 heterocycles. The van der Waals surface area contributed by atoms with Crippen molar-refractivity contribution in [2.75, 3.05) is 13.1 Å². The molecule has 6 heteroatoms. The van der Waals surface area contributed by atoms with E-state index in [9.17, 15) is 8.42 Å². The third kappa shape index (κ3) is 2.29. The van der Waals surface area contributed by atoms with Crippen LogP contribution in [0.15, 0.2) is 41.6 Å². The molecule has 1 N–H and O–H groups in total. The Labute approximate surface area is 112 Å². The Morgan fingerprint density at radius 3 is 2.21 bits per heavy atom. The second-order valence-electron chi connectivity index (χ2n) is 4.59. The molecule has 1 aliphatic rings. The zero-order chi connectivity index (χ0) is 13.3. The highest BCUT2D eigenvalue weighted by Crippen LogP contribution is 2.20. The number of rotatable bonds is 2. The Balaban J connectivity index is 1.87. The van der Waals surface area contributed by atoms with Gasteiger partial charge in [-0.05, 0) is 30.0 Å². The van der Waals surface area contributed by atoms with E-state index in [1.807, 2.05) is 12.1 Å². The number of fused-ring (bicyclic) bond motifs is 1. The Morgan fingerprint density at radius 1 is 1.05 bits per heavy atom. The number of aromatic amines is 1. The maximum Gasteiger partial charge on any atom is 0.259 e. The van der Waals surface area contributed by atoms with Gasteiger partial charge >= 0.3 is 0 Å². The van der Waals surface area contributed by atoms with E-state index in [-0.39, 0.29) is 5.03 Å². The van der Waals surface area contributed by atoms with Crippen LogP contribution in [0, 0.1) is 0 Å². The summed E-state index contributed by atoms with van der Waals surface area (Å²) < 4.78 is 26.3. The maximum atomic E-state index is 12.4. The predicted molar refractivity (Wildman–Crippen MR) is 71.2 cm³/mol. The molecule has 0 aliphatic carbocycles. The Morgan fingerprint density at radius 2 is 1.68 bits per heavy atom. The molecular weight excluding hydrogens is 262 g/mol. The molecular formula is C13H15N3O2S. The van der Waals surface area contributed by atoms with Crippen molar-refractivity contribution in [3.8, 4) is 0 Å². The topological polar surface area (TPSA) is 66.1 Å². The molecule has 1 aromatic heterocycles. The van der Waals surface area contributed by atoms with Crippen LogP contribution in [0.1, 0.15) is 11.1 Å². The number of aromatic nitrogens is 2. The van der Waals surface area contributed by atoms with Crippen LogP contribution in [0.5, 0.6) is 0 Å². The van der Waals surface area contributed by atoms with Crippen molar-refractivity contribution >= 4 is 10.0 Å². The monoisotopic (exact) mass is 277 g/mol. The third-order valence-corrected chi connectivity index (χ3v) is 5.30. The summed E-state index contributed by atoms with van der Waals surface area (Å²) in [6.45, 7) is 1.02. The van der Waals surface area contributed by atoms with Gasteiger partial charge in [0.1, 0.15) is 0 Å². The lowest BCUT2D eigenvalue weighted by molar-refractivity contribution is 0.424. The average molecular weight is 277 g/mol. The molecule has 0 unspecified atom stereocenters. The number of sulfonamides is 1. The van der Waals surface area contributed by atoms with Crippen LogP contribution < -0.4 is 0 Å². The SMILES string of the molecule is O=S(=O)(c1ccn[nH]1)N1CCc2ccccc2CC1. The van der Waals surface area contributed by atoms with Crippen LogP contribution in [-0.4, -0.2) is 36.0 Å². The minimum Gasteiger partial charge on any atom is -0.266 e. The van der Waals surface area contributed by atoms with Gasteiger partial charge in [0.05, 0.1) is 6.20 Å². The molecule has 1 aliphatic heterocycles. The first-order chi connectivity index (χ1) is 9.18. The molecule has 0 spiro atoms. The second kappa shape index (κ2) is 4.79. The fraction of sp³-hybridized carbons (Fsp3) is 0.308. The van der Waals surface area contributed by atoms with Crippen LogP contribution in [-0.2, 0) is 22.9 Å². The van der Waals surface area contributed by atoms with Crippen molar-refractivity contribution in [1.29, 1.82) is 0 Å². The number of benzene rings is 1. The van der Waals surface area contributed by atoms with Gasteiger partial charge in [0.2, 0.25) is 0 Å². The molecule has 0 bridgehead atoms. The van der Waals surface area contributed by atoms with Gasteiger partial charge in [-0.15, -0.1) is 0 Å². The van der Waals surface area contributed by atoms with Crippen molar-refractivity contribution in [2.24, 2.45) is 0 Å². The first-order valence-electron chi connectivity index (χ1n) is 6.24. The molecule has 0 amide bonds. The summed E-state index contributed by atoms with van der Waals surface area (Å²) in [6, 6.07) is 9.63. The lowest BCUT2D eigenvalue weighted by Gasteiger charge is -2.18. The summed E-state index contributed by atoms with van der Waals surface area (Å²) in [4.78, 5) is 0. The molecule has 0 radical (unpaired) electrons. The molecule has 0 saturated heterocycles. The predicted octanol–water partition coefficient (Wildman–Crippen LogP) is 1.20. The summed E-state index contributed by atoms with van der Waals surface area (Å²) in [5.41, 5.74) is 2.48. The van der Waals surface area contributed by atoms with Crippen LogP contribution in [0.2, 0.25) is 0 Å². The first kappa shape index (κ1) is 12.4. The van der Waals surface area contributed by atoms with Gasteiger partial charge < -0.3 is 0 Å². The Hall–Kier alpha value is -1.66. The van der Waals surface area contributed by atoms with E-state index in [0.29, 0.717) is 13.1 Å². The van der Waals surface area contributed by atoms with Crippen molar-refractivity contribution in [3.63, 3.8) is 0 Å². The number of nitrogens with zero attached hydrogens (tertiary/aromatic N) is 2. The summed E-state index contributed by atoms with van der Waals surface area (Å²) in [6.07, 6.45) is 2.96. The number of nitrogens with one attached hydrogen (secondary N) is 1. The van der Waals surface area contributed by atoms with Crippen LogP contribution >= 0.6 is 0 Å².